The van der Waals surface area contributed by atoms with Gasteiger partial charge in [0.15, 0.2) is 0 Å². The summed E-state index contributed by atoms with van der Waals surface area (Å²) in [5, 5.41) is 2.07. The number of hydrogen-bond donors (Lipinski definition) is 0. The van der Waals surface area contributed by atoms with E-state index in [0.717, 1.165) is 19.5 Å². The third-order valence-electron chi connectivity index (χ3n) is 3.79. The van der Waals surface area contributed by atoms with E-state index >= 15 is 0 Å². The molecule has 1 amide bonds. The number of piperidine rings is 1. The van der Waals surface area contributed by atoms with Gasteiger partial charge in [-0.1, -0.05) is 12.5 Å². The number of carbonyl (C=O) groups excluding carboxylic acids is 1. The molecule has 0 spiro atoms. The molecular weight excluding hydrogens is 256 g/mol. The van der Waals surface area contributed by atoms with Crippen LogP contribution in [0.4, 0.5) is 0 Å². The SMILES string of the molecule is CN(CCN1CCCCC1)C(=O)CCc1cccs1. The number of thiophene rings is 1. The summed E-state index contributed by atoms with van der Waals surface area (Å²) in [7, 11) is 1.93. The molecule has 19 heavy (non-hydrogen) atoms. The van der Waals surface area contributed by atoms with Crippen LogP contribution in [0.3, 0.4) is 0 Å². The molecule has 1 saturated heterocycles. The second-order valence-electron chi connectivity index (χ2n) is 5.30. The second-order valence-corrected chi connectivity index (χ2v) is 6.33. The minimum absolute atomic E-state index is 0.269. The molecule has 3 nitrogen and oxygen atoms in total. The summed E-state index contributed by atoms with van der Waals surface area (Å²) in [5.41, 5.74) is 0. The first kappa shape index (κ1) is 14.5. The van der Waals surface area contributed by atoms with Crippen LogP contribution in [0.5, 0.6) is 0 Å². The van der Waals surface area contributed by atoms with Gasteiger partial charge in [0.25, 0.3) is 0 Å². The normalized spacial score (nSPS) is 16.5. The molecule has 0 aromatic carbocycles. The van der Waals surface area contributed by atoms with E-state index < -0.39 is 0 Å². The molecule has 1 aromatic heterocycles. The van der Waals surface area contributed by atoms with Gasteiger partial charge >= 0.3 is 0 Å². The van der Waals surface area contributed by atoms with Crippen molar-refractivity contribution in [3.63, 3.8) is 0 Å². The molecule has 4 heteroatoms. The number of nitrogens with zero attached hydrogens (tertiary/aromatic N) is 2. The van der Waals surface area contributed by atoms with Crippen molar-refractivity contribution in [3.8, 4) is 0 Å². The van der Waals surface area contributed by atoms with Crippen LogP contribution >= 0.6 is 11.3 Å². The van der Waals surface area contributed by atoms with E-state index in [1.54, 1.807) is 11.3 Å². The summed E-state index contributed by atoms with van der Waals surface area (Å²) in [4.78, 5) is 17.7. The van der Waals surface area contributed by atoms with Crippen molar-refractivity contribution in [1.29, 1.82) is 0 Å². The molecule has 2 heterocycles. The van der Waals surface area contributed by atoms with Gasteiger partial charge in [0.05, 0.1) is 0 Å². The first-order valence-electron chi connectivity index (χ1n) is 7.24. The van der Waals surface area contributed by atoms with Gasteiger partial charge in [-0.2, -0.15) is 0 Å². The fourth-order valence-corrected chi connectivity index (χ4v) is 3.18. The van der Waals surface area contributed by atoms with E-state index in [2.05, 4.69) is 16.3 Å². The Bertz CT molecular complexity index is 372. The van der Waals surface area contributed by atoms with E-state index in [1.165, 1.54) is 37.2 Å². The lowest BCUT2D eigenvalue weighted by Crippen LogP contribution is -2.38. The van der Waals surface area contributed by atoms with Gasteiger partial charge in [0.2, 0.25) is 5.91 Å². The molecule has 1 aliphatic rings. The Balaban J connectivity index is 1.64. The summed E-state index contributed by atoms with van der Waals surface area (Å²) < 4.78 is 0. The average Bonchev–Trinajstić information content (AvgIpc) is 2.96. The van der Waals surface area contributed by atoms with Crippen LogP contribution in [0.25, 0.3) is 0 Å². The van der Waals surface area contributed by atoms with E-state index in [-0.39, 0.29) is 5.91 Å². The zero-order valence-corrected chi connectivity index (χ0v) is 12.6. The smallest absolute Gasteiger partial charge is 0.222 e. The van der Waals surface area contributed by atoms with E-state index in [0.29, 0.717) is 6.42 Å². The first-order chi connectivity index (χ1) is 9.25. The topological polar surface area (TPSA) is 23.6 Å². The lowest BCUT2D eigenvalue weighted by molar-refractivity contribution is -0.130. The van der Waals surface area contributed by atoms with Crippen LogP contribution in [0, 0.1) is 0 Å². The van der Waals surface area contributed by atoms with Crippen molar-refractivity contribution in [2.24, 2.45) is 0 Å². The number of hydrogen-bond acceptors (Lipinski definition) is 3. The number of amides is 1. The van der Waals surface area contributed by atoms with Gasteiger partial charge in [-0.3, -0.25) is 4.79 Å². The molecule has 1 fully saturated rings. The summed E-state index contributed by atoms with van der Waals surface area (Å²) in [6, 6.07) is 4.15. The van der Waals surface area contributed by atoms with Crippen LogP contribution < -0.4 is 0 Å². The summed E-state index contributed by atoms with van der Waals surface area (Å²) in [6.07, 6.45) is 5.51. The molecule has 0 radical (unpaired) electrons. The minimum Gasteiger partial charge on any atom is -0.344 e. The molecule has 1 aliphatic heterocycles. The third-order valence-corrected chi connectivity index (χ3v) is 4.73. The van der Waals surface area contributed by atoms with Crippen molar-refractivity contribution in [2.45, 2.75) is 32.1 Å². The molecular formula is C15H24N2OS. The highest BCUT2D eigenvalue weighted by molar-refractivity contribution is 7.09. The fraction of sp³-hybridized carbons (Fsp3) is 0.667. The van der Waals surface area contributed by atoms with Crippen molar-refractivity contribution in [3.05, 3.63) is 22.4 Å². The van der Waals surface area contributed by atoms with Gasteiger partial charge in [0, 0.05) is 31.4 Å². The van der Waals surface area contributed by atoms with Gasteiger partial charge in [-0.25, -0.2) is 0 Å². The van der Waals surface area contributed by atoms with E-state index in [4.69, 9.17) is 0 Å². The number of likely N-dealkylation sites (tertiary alicyclic amines) is 1. The summed E-state index contributed by atoms with van der Waals surface area (Å²) in [6.45, 7) is 4.30. The number of rotatable bonds is 6. The van der Waals surface area contributed by atoms with Crippen LogP contribution in [-0.2, 0) is 11.2 Å². The zero-order valence-electron chi connectivity index (χ0n) is 11.8. The van der Waals surface area contributed by atoms with Crippen molar-refractivity contribution < 1.29 is 4.79 Å². The van der Waals surface area contributed by atoms with Crippen LogP contribution in [-0.4, -0.2) is 48.9 Å². The van der Waals surface area contributed by atoms with Crippen LogP contribution in [0.2, 0.25) is 0 Å². The molecule has 106 valence electrons. The Kier molecular flexibility index (Phi) is 5.86. The Morgan fingerprint density at radius 2 is 2.16 bits per heavy atom. The highest BCUT2D eigenvalue weighted by atomic mass is 32.1. The number of aryl methyl sites for hydroxylation is 1. The van der Waals surface area contributed by atoms with Crippen LogP contribution in [0.1, 0.15) is 30.6 Å². The molecule has 0 atom stereocenters. The Morgan fingerprint density at radius 3 is 2.84 bits per heavy atom. The van der Waals surface area contributed by atoms with Crippen LogP contribution in [0.15, 0.2) is 17.5 Å². The molecule has 2 rings (SSSR count). The standard InChI is InChI=1S/C15H24N2OS/c1-16(11-12-17-9-3-2-4-10-17)15(18)8-7-14-6-5-13-19-14/h5-6,13H,2-4,7-12H2,1H3. The molecule has 0 saturated carbocycles. The second kappa shape index (κ2) is 7.65. The summed E-state index contributed by atoms with van der Waals surface area (Å²) in [5.74, 6) is 0.269. The lowest BCUT2D eigenvalue weighted by atomic mass is 10.1. The quantitative estimate of drug-likeness (QED) is 0.800. The molecule has 0 N–H and O–H groups in total. The predicted octanol–water partition coefficient (Wildman–Crippen LogP) is 2.63. The van der Waals surface area contributed by atoms with Crippen molar-refractivity contribution >= 4 is 17.2 Å². The average molecular weight is 280 g/mol. The lowest BCUT2D eigenvalue weighted by Gasteiger charge is -2.28. The third kappa shape index (κ3) is 4.96. The molecule has 0 aliphatic carbocycles. The molecule has 0 unspecified atom stereocenters. The van der Waals surface area contributed by atoms with Gasteiger partial charge < -0.3 is 9.80 Å². The van der Waals surface area contributed by atoms with E-state index in [9.17, 15) is 4.79 Å². The maximum Gasteiger partial charge on any atom is 0.222 e. The minimum atomic E-state index is 0.269. The highest BCUT2D eigenvalue weighted by Crippen LogP contribution is 2.12. The maximum absolute atomic E-state index is 12.0. The molecule has 1 aromatic rings. The number of carbonyl (C=O) groups is 1. The Hall–Kier alpha value is -0.870. The van der Waals surface area contributed by atoms with Crippen molar-refractivity contribution in [2.75, 3.05) is 33.2 Å². The van der Waals surface area contributed by atoms with Crippen molar-refractivity contribution in [1.82, 2.24) is 9.80 Å². The Morgan fingerprint density at radius 1 is 1.37 bits per heavy atom. The summed E-state index contributed by atoms with van der Waals surface area (Å²) >= 11 is 1.73. The number of likely N-dealkylation sites (N-methyl/N-ethyl adjacent to an activating group) is 1. The highest BCUT2D eigenvalue weighted by Gasteiger charge is 2.13. The predicted molar refractivity (Wildman–Crippen MR) is 80.6 cm³/mol. The van der Waals surface area contributed by atoms with Gasteiger partial charge in [-0.15, -0.1) is 11.3 Å². The monoisotopic (exact) mass is 280 g/mol. The maximum atomic E-state index is 12.0. The van der Waals surface area contributed by atoms with E-state index in [1.807, 2.05) is 18.0 Å². The van der Waals surface area contributed by atoms with Gasteiger partial charge in [0.1, 0.15) is 0 Å². The largest absolute Gasteiger partial charge is 0.344 e. The molecule has 0 bridgehead atoms. The zero-order chi connectivity index (χ0) is 13.5. The first-order valence-corrected chi connectivity index (χ1v) is 8.12. The van der Waals surface area contributed by atoms with Gasteiger partial charge in [-0.05, 0) is 43.8 Å². The Labute approximate surface area is 120 Å². The fourth-order valence-electron chi connectivity index (χ4n) is 2.47.